The van der Waals surface area contributed by atoms with Crippen LogP contribution in [-0.4, -0.2) is 34.5 Å². The maximum atomic E-state index is 12.0. The fourth-order valence-corrected chi connectivity index (χ4v) is 3.39. The largest absolute Gasteiger partial charge is 0.497 e. The van der Waals surface area contributed by atoms with Crippen LogP contribution in [0.1, 0.15) is 51.8 Å². The van der Waals surface area contributed by atoms with Crippen molar-refractivity contribution in [1.29, 1.82) is 0 Å². The summed E-state index contributed by atoms with van der Waals surface area (Å²) in [4.78, 5) is 28.4. The lowest BCUT2D eigenvalue weighted by atomic mass is 10.0. The molecule has 0 fully saturated rings. The minimum absolute atomic E-state index is 0.0782. The van der Waals surface area contributed by atoms with Gasteiger partial charge in [-0.15, -0.1) is 0 Å². The molecule has 6 nitrogen and oxygen atoms in total. The first-order valence-electron chi connectivity index (χ1n) is 9.93. The third-order valence-electron chi connectivity index (χ3n) is 4.41. The molecule has 0 aliphatic heterocycles. The lowest BCUT2D eigenvalue weighted by Crippen LogP contribution is -2.13. The van der Waals surface area contributed by atoms with Crippen LogP contribution >= 0.6 is 0 Å². The van der Waals surface area contributed by atoms with Gasteiger partial charge in [0.2, 0.25) is 0 Å². The van der Waals surface area contributed by atoms with Gasteiger partial charge in [-0.3, -0.25) is 9.59 Å². The summed E-state index contributed by atoms with van der Waals surface area (Å²) < 4.78 is 13.0. The van der Waals surface area contributed by atoms with E-state index >= 15 is 0 Å². The van der Waals surface area contributed by atoms with Crippen molar-refractivity contribution >= 4 is 22.8 Å². The third kappa shape index (κ3) is 5.44. The Kier molecular flexibility index (Phi) is 8.23. The summed E-state index contributed by atoms with van der Waals surface area (Å²) >= 11 is 0. The zero-order valence-corrected chi connectivity index (χ0v) is 17.3. The van der Waals surface area contributed by atoms with Crippen molar-refractivity contribution in [2.45, 2.75) is 59.9 Å². The van der Waals surface area contributed by atoms with E-state index < -0.39 is 0 Å². The van der Waals surface area contributed by atoms with Crippen molar-refractivity contribution in [2.75, 3.05) is 13.2 Å². The van der Waals surface area contributed by atoms with Gasteiger partial charge in [-0.1, -0.05) is 6.92 Å². The molecule has 0 saturated carbocycles. The summed E-state index contributed by atoms with van der Waals surface area (Å²) in [6.07, 6.45) is 5.72. The highest BCUT2D eigenvalue weighted by Crippen LogP contribution is 2.28. The molecule has 152 valence electrons. The summed E-state index contributed by atoms with van der Waals surface area (Å²) in [5, 5.41) is 0.948. The van der Waals surface area contributed by atoms with E-state index in [0.29, 0.717) is 32.6 Å². The summed E-state index contributed by atoms with van der Waals surface area (Å²) in [5.41, 5.74) is 2.69. The van der Waals surface area contributed by atoms with Crippen LogP contribution < -0.4 is 0 Å². The first-order valence-corrected chi connectivity index (χ1v) is 9.93. The quantitative estimate of drug-likeness (QED) is 0.431. The molecule has 0 amide bonds. The first kappa shape index (κ1) is 21.7. The van der Waals surface area contributed by atoms with Crippen LogP contribution in [0.3, 0.4) is 0 Å². The molecule has 0 unspecified atom stereocenters. The lowest BCUT2D eigenvalue weighted by Gasteiger charge is -2.15. The van der Waals surface area contributed by atoms with E-state index in [0.717, 1.165) is 34.5 Å². The molecule has 0 N–H and O–H groups in total. The molecular formula is C22H30N2O4. The number of ketones is 1. The molecule has 2 rings (SSSR count). The molecule has 6 heteroatoms. The smallest absolute Gasteiger partial charge is 0.306 e. The second-order valence-corrected chi connectivity index (χ2v) is 6.58. The molecule has 0 atom stereocenters. The number of pyridine rings is 1. The Balaban J connectivity index is 2.54. The van der Waals surface area contributed by atoms with E-state index in [1.165, 1.54) is 0 Å². The van der Waals surface area contributed by atoms with Crippen LogP contribution in [0.15, 0.2) is 30.2 Å². The minimum Gasteiger partial charge on any atom is -0.497 e. The van der Waals surface area contributed by atoms with Crippen LogP contribution in [0.25, 0.3) is 11.0 Å². The molecule has 0 aliphatic rings. The normalized spacial score (nSPS) is 11.6. The molecular weight excluding hydrogens is 356 g/mol. The number of nitrogens with zero attached hydrogens (tertiary/aromatic N) is 2. The SMILES string of the molecule is CC/C=C(\Cn1c(CCC(=O)OCC)c(CC(C)=O)c2cccnc21)OCC. The van der Waals surface area contributed by atoms with E-state index in [4.69, 9.17) is 9.47 Å². The molecule has 0 radical (unpaired) electrons. The van der Waals surface area contributed by atoms with Gasteiger partial charge in [-0.05, 0) is 57.4 Å². The van der Waals surface area contributed by atoms with Gasteiger partial charge in [0.25, 0.3) is 0 Å². The predicted molar refractivity (Wildman–Crippen MR) is 109 cm³/mol. The van der Waals surface area contributed by atoms with Crippen LogP contribution in [0, 0.1) is 0 Å². The van der Waals surface area contributed by atoms with Crippen molar-refractivity contribution < 1.29 is 19.1 Å². The molecule has 2 heterocycles. The maximum absolute atomic E-state index is 12.0. The van der Waals surface area contributed by atoms with Gasteiger partial charge in [-0.2, -0.15) is 0 Å². The summed E-state index contributed by atoms with van der Waals surface area (Å²) in [7, 11) is 0. The summed E-state index contributed by atoms with van der Waals surface area (Å²) in [5.74, 6) is 0.698. The Bertz CT molecular complexity index is 852. The Labute approximate surface area is 166 Å². The van der Waals surface area contributed by atoms with Crippen molar-refractivity contribution in [3.05, 3.63) is 41.4 Å². The van der Waals surface area contributed by atoms with E-state index in [1.54, 1.807) is 20.0 Å². The number of allylic oxidation sites excluding steroid dienone is 2. The number of ether oxygens (including phenoxy) is 2. The van der Waals surface area contributed by atoms with Gasteiger partial charge in [-0.25, -0.2) is 4.98 Å². The lowest BCUT2D eigenvalue weighted by molar-refractivity contribution is -0.143. The van der Waals surface area contributed by atoms with Crippen LogP contribution in [-0.2, 0) is 38.4 Å². The van der Waals surface area contributed by atoms with Crippen LogP contribution in [0.5, 0.6) is 0 Å². The monoisotopic (exact) mass is 386 g/mol. The van der Waals surface area contributed by atoms with Gasteiger partial charge in [0.1, 0.15) is 17.2 Å². The number of hydrogen-bond donors (Lipinski definition) is 0. The van der Waals surface area contributed by atoms with E-state index in [-0.39, 0.29) is 18.2 Å². The first-order chi connectivity index (χ1) is 13.5. The highest BCUT2D eigenvalue weighted by molar-refractivity contribution is 5.89. The Morgan fingerprint density at radius 1 is 1.18 bits per heavy atom. The third-order valence-corrected chi connectivity index (χ3v) is 4.41. The Morgan fingerprint density at radius 3 is 2.57 bits per heavy atom. The number of aromatic nitrogens is 2. The molecule has 0 aliphatic carbocycles. The highest BCUT2D eigenvalue weighted by Gasteiger charge is 2.21. The average Bonchev–Trinajstić information content (AvgIpc) is 2.93. The molecule has 28 heavy (non-hydrogen) atoms. The molecule has 0 aromatic carbocycles. The Morgan fingerprint density at radius 2 is 1.93 bits per heavy atom. The molecule has 0 bridgehead atoms. The van der Waals surface area contributed by atoms with Crippen molar-refractivity contribution in [1.82, 2.24) is 9.55 Å². The highest BCUT2D eigenvalue weighted by atomic mass is 16.5. The molecule has 2 aromatic heterocycles. The minimum atomic E-state index is -0.241. The second-order valence-electron chi connectivity index (χ2n) is 6.58. The zero-order chi connectivity index (χ0) is 20.5. The van der Waals surface area contributed by atoms with Crippen LogP contribution in [0.2, 0.25) is 0 Å². The number of hydrogen-bond acceptors (Lipinski definition) is 5. The van der Waals surface area contributed by atoms with E-state index in [1.807, 2.05) is 19.1 Å². The number of Topliss-reactive ketones (excluding diaryl/α,β-unsaturated/α-hetero) is 1. The molecule has 0 saturated heterocycles. The van der Waals surface area contributed by atoms with Gasteiger partial charge >= 0.3 is 5.97 Å². The van der Waals surface area contributed by atoms with Crippen molar-refractivity contribution in [3.8, 4) is 0 Å². The van der Waals surface area contributed by atoms with Crippen molar-refractivity contribution in [2.24, 2.45) is 0 Å². The fourth-order valence-electron chi connectivity index (χ4n) is 3.39. The Hall–Kier alpha value is -2.63. The average molecular weight is 386 g/mol. The topological polar surface area (TPSA) is 70.4 Å². The second kappa shape index (κ2) is 10.6. The standard InChI is InChI=1S/C22H30N2O4/c1-5-9-17(27-6-2)15-24-20(11-12-21(26)28-7-3)19(14-16(4)25)18-10-8-13-23-22(18)24/h8-10,13H,5-7,11-12,14-15H2,1-4H3/b17-9+. The number of carbonyl (C=O) groups is 2. The number of fused-ring (bicyclic) bond motifs is 1. The predicted octanol–water partition coefficient (Wildman–Crippen LogP) is 3.99. The van der Waals surface area contributed by atoms with Gasteiger partial charge in [0, 0.05) is 23.7 Å². The van der Waals surface area contributed by atoms with Gasteiger partial charge < -0.3 is 14.0 Å². The molecule has 2 aromatic rings. The summed E-state index contributed by atoms with van der Waals surface area (Å²) in [6.45, 7) is 8.85. The number of esters is 1. The molecule has 0 spiro atoms. The van der Waals surface area contributed by atoms with Crippen molar-refractivity contribution in [3.63, 3.8) is 0 Å². The van der Waals surface area contributed by atoms with E-state index in [2.05, 4.69) is 22.6 Å². The fraction of sp³-hybridized carbons (Fsp3) is 0.500. The number of rotatable bonds is 11. The number of carbonyl (C=O) groups excluding carboxylic acids is 2. The maximum Gasteiger partial charge on any atom is 0.306 e. The van der Waals surface area contributed by atoms with Crippen LogP contribution in [0.4, 0.5) is 0 Å². The zero-order valence-electron chi connectivity index (χ0n) is 17.3. The van der Waals surface area contributed by atoms with E-state index in [9.17, 15) is 9.59 Å². The van der Waals surface area contributed by atoms with Gasteiger partial charge in [0.15, 0.2) is 0 Å². The van der Waals surface area contributed by atoms with Gasteiger partial charge in [0.05, 0.1) is 26.2 Å². The summed E-state index contributed by atoms with van der Waals surface area (Å²) in [6, 6.07) is 3.85.